The summed E-state index contributed by atoms with van der Waals surface area (Å²) in [4.78, 5) is 16.6. The summed E-state index contributed by atoms with van der Waals surface area (Å²) in [7, 11) is 0. The number of carboxylic acid groups (broad SMARTS) is 1. The molecule has 1 aliphatic carbocycles. The highest BCUT2D eigenvalue weighted by Gasteiger charge is 2.24. The standard InChI is InChI=1S/C19H15NO3/c21-19(22)17-14-7-1-2-9-16(14)20-18-12(5-3-8-15(17)18)11-13-6-4-10-23-13/h1-2,4,6-7,9-11H,3,5,8H2,(H,21,22)/b12-11-. The van der Waals surface area contributed by atoms with Crippen LogP contribution in [-0.2, 0) is 6.42 Å². The summed E-state index contributed by atoms with van der Waals surface area (Å²) >= 11 is 0. The van der Waals surface area contributed by atoms with Gasteiger partial charge in [-0.05, 0) is 54.7 Å². The zero-order valence-corrected chi connectivity index (χ0v) is 12.5. The van der Waals surface area contributed by atoms with Gasteiger partial charge in [0.25, 0.3) is 0 Å². The average Bonchev–Trinajstić information content (AvgIpc) is 3.06. The topological polar surface area (TPSA) is 63.3 Å². The number of aromatic nitrogens is 1. The summed E-state index contributed by atoms with van der Waals surface area (Å²) in [6.07, 6.45) is 6.13. The van der Waals surface area contributed by atoms with E-state index in [0.29, 0.717) is 10.9 Å². The molecule has 0 spiro atoms. The van der Waals surface area contributed by atoms with Crippen molar-refractivity contribution in [3.8, 4) is 0 Å². The molecule has 23 heavy (non-hydrogen) atoms. The largest absolute Gasteiger partial charge is 0.478 e. The first-order chi connectivity index (χ1) is 11.2. The Bertz CT molecular complexity index is 923. The molecule has 1 aliphatic rings. The van der Waals surface area contributed by atoms with Gasteiger partial charge in [0.15, 0.2) is 0 Å². The number of rotatable bonds is 2. The summed E-state index contributed by atoms with van der Waals surface area (Å²) in [5.41, 5.74) is 3.77. The van der Waals surface area contributed by atoms with Gasteiger partial charge in [-0.3, -0.25) is 0 Å². The molecule has 4 heteroatoms. The first-order valence-electron chi connectivity index (χ1n) is 7.63. The van der Waals surface area contributed by atoms with E-state index in [9.17, 15) is 9.90 Å². The molecule has 4 nitrogen and oxygen atoms in total. The Balaban J connectivity index is 2.01. The minimum Gasteiger partial charge on any atom is -0.478 e. The van der Waals surface area contributed by atoms with E-state index in [0.717, 1.165) is 47.4 Å². The average molecular weight is 305 g/mol. The molecule has 0 saturated carbocycles. The van der Waals surface area contributed by atoms with Crippen molar-refractivity contribution in [3.05, 3.63) is 65.2 Å². The van der Waals surface area contributed by atoms with E-state index in [2.05, 4.69) is 0 Å². The number of pyridine rings is 1. The van der Waals surface area contributed by atoms with Crippen LogP contribution in [0.5, 0.6) is 0 Å². The van der Waals surface area contributed by atoms with Crippen molar-refractivity contribution in [1.82, 2.24) is 4.98 Å². The van der Waals surface area contributed by atoms with E-state index in [1.165, 1.54) is 0 Å². The normalized spacial score (nSPS) is 15.7. The van der Waals surface area contributed by atoms with E-state index in [-0.39, 0.29) is 0 Å². The van der Waals surface area contributed by atoms with Crippen LogP contribution in [0, 0.1) is 0 Å². The van der Waals surface area contributed by atoms with Crippen LogP contribution in [0.4, 0.5) is 0 Å². The lowest BCUT2D eigenvalue weighted by Crippen LogP contribution is -2.13. The molecule has 0 saturated heterocycles. The van der Waals surface area contributed by atoms with Crippen molar-refractivity contribution in [1.29, 1.82) is 0 Å². The summed E-state index contributed by atoms with van der Waals surface area (Å²) in [5, 5.41) is 10.4. The van der Waals surface area contributed by atoms with Crippen LogP contribution in [0.3, 0.4) is 0 Å². The fraction of sp³-hybridized carbons (Fsp3) is 0.158. The highest BCUT2D eigenvalue weighted by atomic mass is 16.4. The number of benzene rings is 1. The number of para-hydroxylation sites is 1. The van der Waals surface area contributed by atoms with Gasteiger partial charge in [-0.1, -0.05) is 18.2 Å². The first-order valence-corrected chi connectivity index (χ1v) is 7.63. The molecular weight excluding hydrogens is 290 g/mol. The van der Waals surface area contributed by atoms with E-state index in [1.807, 2.05) is 42.5 Å². The Morgan fingerprint density at radius 1 is 1.17 bits per heavy atom. The SMILES string of the molecule is O=C(O)c1c2c(nc3ccccc13)/C(=C\c1ccco1)CCC2. The molecule has 0 unspecified atom stereocenters. The minimum atomic E-state index is -0.890. The summed E-state index contributed by atoms with van der Waals surface area (Å²) < 4.78 is 5.40. The first kappa shape index (κ1) is 13.8. The van der Waals surface area contributed by atoms with Gasteiger partial charge in [-0.25, -0.2) is 9.78 Å². The highest BCUT2D eigenvalue weighted by molar-refractivity contribution is 6.05. The highest BCUT2D eigenvalue weighted by Crippen LogP contribution is 2.36. The summed E-state index contributed by atoms with van der Waals surface area (Å²) in [6.45, 7) is 0. The molecule has 0 bridgehead atoms. The molecule has 1 aromatic carbocycles. The van der Waals surface area contributed by atoms with Gasteiger partial charge in [-0.2, -0.15) is 0 Å². The predicted octanol–water partition coefficient (Wildman–Crippen LogP) is 4.40. The number of fused-ring (bicyclic) bond motifs is 2. The Morgan fingerprint density at radius 3 is 2.83 bits per heavy atom. The van der Waals surface area contributed by atoms with Crippen molar-refractivity contribution in [2.45, 2.75) is 19.3 Å². The molecule has 0 amide bonds. The lowest BCUT2D eigenvalue weighted by atomic mass is 9.86. The Hall–Kier alpha value is -2.88. The monoisotopic (exact) mass is 305 g/mol. The van der Waals surface area contributed by atoms with Crippen molar-refractivity contribution in [2.24, 2.45) is 0 Å². The maximum absolute atomic E-state index is 11.8. The number of hydrogen-bond donors (Lipinski definition) is 1. The number of carbonyl (C=O) groups is 1. The molecule has 0 atom stereocenters. The van der Waals surface area contributed by atoms with Gasteiger partial charge in [-0.15, -0.1) is 0 Å². The zero-order chi connectivity index (χ0) is 15.8. The number of allylic oxidation sites excluding steroid dienone is 1. The minimum absolute atomic E-state index is 0.385. The second kappa shape index (κ2) is 5.39. The van der Waals surface area contributed by atoms with E-state index in [1.54, 1.807) is 6.26 Å². The van der Waals surface area contributed by atoms with E-state index >= 15 is 0 Å². The Labute approximate surface area is 133 Å². The molecule has 0 radical (unpaired) electrons. The van der Waals surface area contributed by atoms with Crippen LogP contribution in [0.15, 0.2) is 47.1 Å². The predicted molar refractivity (Wildman–Crippen MR) is 88.2 cm³/mol. The van der Waals surface area contributed by atoms with Crippen molar-refractivity contribution < 1.29 is 14.3 Å². The van der Waals surface area contributed by atoms with Crippen LogP contribution in [0.2, 0.25) is 0 Å². The second-order valence-electron chi connectivity index (χ2n) is 5.67. The molecule has 2 heterocycles. The summed E-state index contributed by atoms with van der Waals surface area (Å²) in [5.74, 6) is -0.126. The third-order valence-electron chi connectivity index (χ3n) is 4.24. The lowest BCUT2D eigenvalue weighted by Gasteiger charge is -2.21. The van der Waals surface area contributed by atoms with Crippen LogP contribution < -0.4 is 0 Å². The van der Waals surface area contributed by atoms with Gasteiger partial charge in [0.1, 0.15) is 5.76 Å². The van der Waals surface area contributed by atoms with Gasteiger partial charge < -0.3 is 9.52 Å². The molecule has 2 aromatic heterocycles. The Kier molecular flexibility index (Phi) is 3.23. The van der Waals surface area contributed by atoms with Crippen molar-refractivity contribution >= 4 is 28.5 Å². The maximum Gasteiger partial charge on any atom is 0.336 e. The number of hydrogen-bond acceptors (Lipinski definition) is 3. The fourth-order valence-corrected chi connectivity index (χ4v) is 3.26. The number of aromatic carboxylic acids is 1. The Morgan fingerprint density at radius 2 is 2.04 bits per heavy atom. The molecule has 1 N–H and O–H groups in total. The smallest absolute Gasteiger partial charge is 0.336 e. The van der Waals surface area contributed by atoms with E-state index < -0.39 is 5.97 Å². The fourth-order valence-electron chi connectivity index (χ4n) is 3.26. The molecule has 3 aromatic rings. The molecular formula is C19H15NO3. The summed E-state index contributed by atoms with van der Waals surface area (Å²) in [6, 6.07) is 11.2. The third-order valence-corrected chi connectivity index (χ3v) is 4.24. The number of nitrogens with zero attached hydrogens (tertiary/aromatic N) is 1. The lowest BCUT2D eigenvalue weighted by molar-refractivity contribution is 0.0697. The number of furan rings is 1. The van der Waals surface area contributed by atoms with Crippen LogP contribution >= 0.6 is 0 Å². The maximum atomic E-state index is 11.8. The molecule has 114 valence electrons. The molecule has 0 aliphatic heterocycles. The van der Waals surface area contributed by atoms with Gasteiger partial charge >= 0.3 is 5.97 Å². The quantitative estimate of drug-likeness (QED) is 0.762. The van der Waals surface area contributed by atoms with Crippen LogP contribution in [0.25, 0.3) is 22.6 Å². The zero-order valence-electron chi connectivity index (χ0n) is 12.5. The van der Waals surface area contributed by atoms with Gasteiger partial charge in [0.05, 0.1) is 23.0 Å². The van der Waals surface area contributed by atoms with Crippen LogP contribution in [0.1, 0.15) is 40.2 Å². The molecule has 0 fully saturated rings. The second-order valence-corrected chi connectivity index (χ2v) is 5.67. The van der Waals surface area contributed by atoms with Gasteiger partial charge in [0, 0.05) is 5.39 Å². The van der Waals surface area contributed by atoms with Crippen molar-refractivity contribution in [2.75, 3.05) is 0 Å². The third kappa shape index (κ3) is 2.32. The number of carboxylic acids is 1. The van der Waals surface area contributed by atoms with Crippen LogP contribution in [-0.4, -0.2) is 16.1 Å². The van der Waals surface area contributed by atoms with E-state index in [4.69, 9.17) is 9.40 Å². The molecule has 4 rings (SSSR count). The van der Waals surface area contributed by atoms with Crippen molar-refractivity contribution in [3.63, 3.8) is 0 Å². The van der Waals surface area contributed by atoms with Gasteiger partial charge in [0.2, 0.25) is 0 Å².